The van der Waals surface area contributed by atoms with Gasteiger partial charge in [0, 0.05) is 28.3 Å². The molecule has 0 amide bonds. The number of nitro groups is 1. The number of non-ortho nitro benzene ring substituents is 1. The van der Waals surface area contributed by atoms with Crippen molar-refractivity contribution in [2.75, 3.05) is 43.1 Å². The van der Waals surface area contributed by atoms with E-state index in [2.05, 4.69) is 0 Å². The molecule has 11 nitrogen and oxygen atoms in total. The molecule has 164 valence electrons. The molecular formula is C20H17ClN6O5. The minimum atomic E-state index is -0.460. The second-order valence-electron chi connectivity index (χ2n) is 7.10. The van der Waals surface area contributed by atoms with Crippen LogP contribution >= 0.6 is 11.6 Å². The van der Waals surface area contributed by atoms with Crippen LogP contribution in [0.25, 0.3) is 11.0 Å². The molecule has 0 bridgehead atoms. The number of anilines is 2. The van der Waals surface area contributed by atoms with E-state index in [0.717, 1.165) is 5.69 Å². The fourth-order valence-corrected chi connectivity index (χ4v) is 4.01. The summed E-state index contributed by atoms with van der Waals surface area (Å²) < 4.78 is 6.12. The monoisotopic (exact) mass is 456 g/mol. The third kappa shape index (κ3) is 3.50. The number of methoxy groups -OCH3 is 1. The van der Waals surface area contributed by atoms with Crippen LogP contribution in [0.5, 0.6) is 5.75 Å². The molecule has 0 radical (unpaired) electrons. The number of ether oxygens (including phenoxy) is 1. The van der Waals surface area contributed by atoms with Crippen molar-refractivity contribution < 1.29 is 14.1 Å². The van der Waals surface area contributed by atoms with Crippen molar-refractivity contribution in [1.29, 1.82) is 5.26 Å². The second-order valence-corrected chi connectivity index (χ2v) is 7.50. The van der Waals surface area contributed by atoms with E-state index in [4.69, 9.17) is 16.3 Å². The maximum Gasteiger partial charge on any atom is 0.356 e. The minimum Gasteiger partial charge on any atom is -0.804 e. The lowest BCUT2D eigenvalue weighted by molar-refractivity contribution is -0.451. The topological polar surface area (TPSA) is 134 Å². The van der Waals surface area contributed by atoms with Crippen molar-refractivity contribution in [3.05, 3.63) is 67.3 Å². The fraction of sp³-hybridized carbons (Fsp3) is 0.250. The van der Waals surface area contributed by atoms with Crippen molar-refractivity contribution in [3.63, 3.8) is 0 Å². The number of hydrogen-bond donors (Lipinski definition) is 0. The number of nitriles is 1. The number of halogens is 1. The lowest BCUT2D eigenvalue weighted by Crippen LogP contribution is -2.49. The first kappa shape index (κ1) is 21.2. The Morgan fingerprint density at radius 1 is 1.16 bits per heavy atom. The summed E-state index contributed by atoms with van der Waals surface area (Å²) in [6, 6.07) is 10.7. The van der Waals surface area contributed by atoms with Gasteiger partial charge in [-0.25, -0.2) is 0 Å². The maximum absolute atomic E-state index is 13.2. The molecule has 1 aliphatic heterocycles. The van der Waals surface area contributed by atoms with Crippen molar-refractivity contribution in [2.24, 2.45) is 0 Å². The highest BCUT2D eigenvalue weighted by molar-refractivity contribution is 6.32. The maximum atomic E-state index is 13.2. The molecular weight excluding hydrogens is 440 g/mol. The number of fused-ring (bicyclic) bond motifs is 1. The van der Waals surface area contributed by atoms with Crippen LogP contribution in [-0.2, 0) is 0 Å². The average molecular weight is 457 g/mol. The van der Waals surface area contributed by atoms with Gasteiger partial charge in [-0.2, -0.15) is 5.26 Å². The predicted octanol–water partition coefficient (Wildman–Crippen LogP) is 2.67. The third-order valence-electron chi connectivity index (χ3n) is 5.40. The number of nitro benzene ring substituents is 1. The second kappa shape index (κ2) is 8.24. The Balaban J connectivity index is 1.68. The first-order chi connectivity index (χ1) is 15.3. The van der Waals surface area contributed by atoms with Crippen molar-refractivity contribution in [3.8, 4) is 11.8 Å². The zero-order chi connectivity index (χ0) is 23.0. The molecule has 0 N–H and O–H groups in total. The number of piperazine rings is 1. The Kier molecular flexibility index (Phi) is 5.46. The molecule has 2 aromatic carbocycles. The Morgan fingerprint density at radius 2 is 1.78 bits per heavy atom. The lowest BCUT2D eigenvalue weighted by Gasteiger charge is -2.33. The standard InChI is InChI=1S/C20H17ClN6O5/c1-32-19-11-17-16(10-15(19)21)25(28)18(12-22)20(26(17)29)24-8-6-23(7-9-24)13-2-4-14(5-3-13)27(30)31/h2-5,10-11H,6-9H2,1H3. The van der Waals surface area contributed by atoms with Gasteiger partial charge in [0.15, 0.2) is 0 Å². The Bertz CT molecular complexity index is 1310. The molecule has 4 rings (SSSR count). The number of hydrogen-bond acceptors (Lipinski definition) is 8. The molecule has 0 saturated carbocycles. The number of nitrogens with zero attached hydrogens (tertiary/aromatic N) is 6. The number of aromatic nitrogens is 2. The first-order valence-electron chi connectivity index (χ1n) is 9.56. The molecule has 2 heterocycles. The molecule has 0 aliphatic carbocycles. The summed E-state index contributed by atoms with van der Waals surface area (Å²) in [6.07, 6.45) is 0. The van der Waals surface area contributed by atoms with Crippen LogP contribution in [0.2, 0.25) is 5.02 Å². The van der Waals surface area contributed by atoms with E-state index >= 15 is 0 Å². The van der Waals surface area contributed by atoms with E-state index < -0.39 is 4.92 Å². The molecule has 1 aliphatic rings. The van der Waals surface area contributed by atoms with Crippen LogP contribution < -0.4 is 19.0 Å². The highest BCUT2D eigenvalue weighted by Crippen LogP contribution is 2.31. The molecule has 3 aromatic rings. The lowest BCUT2D eigenvalue weighted by atomic mass is 10.2. The predicted molar refractivity (Wildman–Crippen MR) is 118 cm³/mol. The first-order valence-corrected chi connectivity index (χ1v) is 9.94. The molecule has 0 unspecified atom stereocenters. The normalized spacial score (nSPS) is 13.8. The zero-order valence-electron chi connectivity index (χ0n) is 16.9. The van der Waals surface area contributed by atoms with E-state index in [1.54, 1.807) is 17.0 Å². The van der Waals surface area contributed by atoms with Crippen LogP contribution in [0.1, 0.15) is 5.69 Å². The minimum absolute atomic E-state index is 0.00476. The van der Waals surface area contributed by atoms with E-state index in [-0.39, 0.29) is 39.0 Å². The van der Waals surface area contributed by atoms with Crippen LogP contribution in [0, 0.1) is 31.6 Å². The fourth-order valence-electron chi connectivity index (χ4n) is 3.77. The zero-order valence-corrected chi connectivity index (χ0v) is 17.7. The summed E-state index contributed by atoms with van der Waals surface area (Å²) in [5.41, 5.74) is 0.494. The third-order valence-corrected chi connectivity index (χ3v) is 5.70. The van der Waals surface area contributed by atoms with Crippen molar-refractivity contribution in [2.45, 2.75) is 0 Å². The van der Waals surface area contributed by atoms with Gasteiger partial charge in [0.25, 0.3) is 5.69 Å². The van der Waals surface area contributed by atoms with Gasteiger partial charge in [0.2, 0.25) is 11.2 Å². The Morgan fingerprint density at radius 3 is 2.34 bits per heavy atom. The Hall–Kier alpha value is -4.04. The van der Waals surface area contributed by atoms with Gasteiger partial charge in [-0.05, 0) is 18.2 Å². The van der Waals surface area contributed by atoms with Crippen LogP contribution in [0.15, 0.2) is 36.4 Å². The van der Waals surface area contributed by atoms with E-state index in [1.807, 2.05) is 11.0 Å². The van der Waals surface area contributed by atoms with Gasteiger partial charge >= 0.3 is 5.82 Å². The summed E-state index contributed by atoms with van der Waals surface area (Å²) in [5.74, 6) is 0.199. The molecule has 32 heavy (non-hydrogen) atoms. The van der Waals surface area contributed by atoms with E-state index in [1.165, 1.54) is 31.4 Å². The molecule has 1 saturated heterocycles. The van der Waals surface area contributed by atoms with Crippen molar-refractivity contribution in [1.82, 2.24) is 4.73 Å². The summed E-state index contributed by atoms with van der Waals surface area (Å²) in [4.78, 5) is 27.3. The van der Waals surface area contributed by atoms with Crippen LogP contribution in [-0.4, -0.2) is 42.9 Å². The average Bonchev–Trinajstić information content (AvgIpc) is 2.81. The highest BCUT2D eigenvalue weighted by Gasteiger charge is 2.32. The molecule has 0 atom stereocenters. The quantitative estimate of drug-likeness (QED) is 0.332. The molecule has 12 heteroatoms. The van der Waals surface area contributed by atoms with Crippen molar-refractivity contribution >= 4 is 39.8 Å². The van der Waals surface area contributed by atoms with Crippen LogP contribution in [0.3, 0.4) is 0 Å². The highest BCUT2D eigenvalue weighted by atomic mass is 35.5. The molecule has 0 spiro atoms. The van der Waals surface area contributed by atoms with E-state index in [9.17, 15) is 25.5 Å². The summed E-state index contributed by atoms with van der Waals surface area (Å²) in [5, 5.41) is 33.5. The van der Waals surface area contributed by atoms with Gasteiger partial charge in [-0.1, -0.05) is 16.5 Å². The summed E-state index contributed by atoms with van der Waals surface area (Å²) in [6.45, 7) is 1.71. The van der Waals surface area contributed by atoms with Gasteiger partial charge < -0.3 is 19.6 Å². The Labute approximate surface area is 186 Å². The molecule has 1 aromatic heterocycles. The largest absolute Gasteiger partial charge is 0.804 e. The van der Waals surface area contributed by atoms with E-state index in [0.29, 0.717) is 35.3 Å². The summed E-state index contributed by atoms with van der Waals surface area (Å²) in [7, 11) is 1.40. The van der Waals surface area contributed by atoms with Gasteiger partial charge in [0.05, 0.1) is 35.7 Å². The SMILES string of the molecule is COc1cc2c(cc1Cl)n([O-])c(C#N)c(N1CCN(c3ccc([N+](=O)[O-])cc3)CC1)[n+]2=O. The van der Waals surface area contributed by atoms with Gasteiger partial charge in [0.1, 0.15) is 24.9 Å². The summed E-state index contributed by atoms with van der Waals surface area (Å²) >= 11 is 6.09. The van der Waals surface area contributed by atoms with Gasteiger partial charge in [-0.15, -0.1) is 0 Å². The smallest absolute Gasteiger partial charge is 0.356 e. The van der Waals surface area contributed by atoms with Gasteiger partial charge in [-0.3, -0.25) is 15.0 Å². The molecule has 1 fully saturated rings. The van der Waals surface area contributed by atoms with Crippen LogP contribution in [0.4, 0.5) is 17.2 Å². The number of benzene rings is 2. The number of rotatable bonds is 4.